The topological polar surface area (TPSA) is 120 Å². The van der Waals surface area contributed by atoms with Crippen LogP contribution in [0.1, 0.15) is 17.0 Å². The van der Waals surface area contributed by atoms with Crippen molar-refractivity contribution in [2.45, 2.75) is 23.7 Å². The first-order chi connectivity index (χ1) is 9.70. The Morgan fingerprint density at radius 1 is 1.29 bits per heavy atom. The molecule has 21 heavy (non-hydrogen) atoms. The highest BCUT2D eigenvalue weighted by Crippen LogP contribution is 2.37. The molecular formula is C11H13F3N6S. The van der Waals surface area contributed by atoms with Gasteiger partial charge in [-0.2, -0.15) is 18.3 Å². The molecule has 0 atom stereocenters. The molecular weight excluding hydrogens is 305 g/mol. The Hall–Kier alpha value is -2.10. The van der Waals surface area contributed by atoms with E-state index in [9.17, 15) is 13.2 Å². The van der Waals surface area contributed by atoms with E-state index in [1.54, 1.807) is 0 Å². The molecule has 0 aromatic carbocycles. The number of aromatic amines is 1. The van der Waals surface area contributed by atoms with E-state index >= 15 is 0 Å². The van der Waals surface area contributed by atoms with E-state index in [0.29, 0.717) is 10.6 Å². The molecule has 0 aliphatic heterocycles. The molecule has 0 spiro atoms. The summed E-state index contributed by atoms with van der Waals surface area (Å²) in [4.78, 5) is 4.25. The van der Waals surface area contributed by atoms with Crippen molar-refractivity contribution in [1.29, 1.82) is 0 Å². The van der Waals surface area contributed by atoms with Crippen molar-refractivity contribution in [3.63, 3.8) is 0 Å². The molecule has 0 aliphatic carbocycles. The molecule has 2 heterocycles. The van der Waals surface area contributed by atoms with Gasteiger partial charge in [0.15, 0.2) is 5.69 Å². The summed E-state index contributed by atoms with van der Waals surface area (Å²) in [6, 6.07) is 1.47. The molecule has 0 aliphatic rings. The summed E-state index contributed by atoms with van der Waals surface area (Å²) in [7, 11) is 0. The van der Waals surface area contributed by atoms with Crippen LogP contribution in [0.25, 0.3) is 0 Å². The maximum Gasteiger partial charge on any atom is 0.435 e. The molecule has 7 N–H and O–H groups in total. The Morgan fingerprint density at radius 2 is 1.95 bits per heavy atom. The van der Waals surface area contributed by atoms with E-state index in [2.05, 4.69) is 15.2 Å². The number of nitrogens with one attached hydrogen (secondary N) is 1. The van der Waals surface area contributed by atoms with Crippen LogP contribution in [0.2, 0.25) is 0 Å². The molecule has 2 rings (SSSR count). The average molecular weight is 318 g/mol. The monoisotopic (exact) mass is 318 g/mol. The fraction of sp³-hybridized carbons (Fsp3) is 0.273. The number of alkyl halides is 3. The lowest BCUT2D eigenvalue weighted by molar-refractivity contribution is -0.141. The number of hydrogen-bond acceptors (Lipinski definition) is 6. The lowest BCUT2D eigenvalue weighted by Gasteiger charge is -2.10. The molecule has 10 heteroatoms. The number of nitrogens with two attached hydrogens (primary N) is 3. The van der Waals surface area contributed by atoms with Crippen molar-refractivity contribution in [2.24, 2.45) is 0 Å². The van der Waals surface area contributed by atoms with Gasteiger partial charge in [-0.15, -0.1) is 11.8 Å². The Labute approximate surface area is 122 Å². The molecule has 0 unspecified atom stereocenters. The summed E-state index contributed by atoms with van der Waals surface area (Å²) in [6.45, 7) is 1.52. The van der Waals surface area contributed by atoms with Gasteiger partial charge in [-0.25, -0.2) is 4.98 Å². The Balaban J connectivity index is 2.27. The van der Waals surface area contributed by atoms with Crippen LogP contribution in [0, 0.1) is 6.92 Å². The fourth-order valence-corrected chi connectivity index (χ4v) is 2.82. The van der Waals surface area contributed by atoms with Gasteiger partial charge in [-0.05, 0) is 13.0 Å². The van der Waals surface area contributed by atoms with Gasteiger partial charge in [0.05, 0.1) is 5.69 Å². The van der Waals surface area contributed by atoms with Crippen LogP contribution >= 0.6 is 11.8 Å². The number of anilines is 3. The van der Waals surface area contributed by atoms with E-state index in [4.69, 9.17) is 17.2 Å². The third kappa shape index (κ3) is 3.15. The van der Waals surface area contributed by atoms with Crippen LogP contribution in [-0.2, 0) is 11.9 Å². The van der Waals surface area contributed by atoms with E-state index in [1.807, 2.05) is 0 Å². The Bertz CT molecular complexity index is 667. The molecule has 0 fully saturated rings. The maximum absolute atomic E-state index is 12.8. The molecule has 6 nitrogen and oxygen atoms in total. The lowest BCUT2D eigenvalue weighted by Crippen LogP contribution is -2.09. The van der Waals surface area contributed by atoms with Gasteiger partial charge in [-0.1, -0.05) is 0 Å². The summed E-state index contributed by atoms with van der Waals surface area (Å²) in [5.41, 5.74) is 16.6. The molecule has 0 saturated carbocycles. The second kappa shape index (κ2) is 5.35. The van der Waals surface area contributed by atoms with Crippen molar-refractivity contribution < 1.29 is 13.2 Å². The van der Waals surface area contributed by atoms with Crippen molar-refractivity contribution >= 4 is 29.1 Å². The van der Waals surface area contributed by atoms with Gasteiger partial charge in [0, 0.05) is 21.9 Å². The average Bonchev–Trinajstić information content (AvgIpc) is 2.73. The minimum absolute atomic E-state index is 0.0320. The second-order valence-corrected chi connectivity index (χ2v) is 5.32. The largest absolute Gasteiger partial charge is 0.435 e. The number of rotatable bonds is 3. The number of aromatic nitrogens is 3. The van der Waals surface area contributed by atoms with Crippen LogP contribution in [0.4, 0.5) is 30.5 Å². The Kier molecular flexibility index (Phi) is 3.90. The molecule has 0 saturated heterocycles. The number of pyridine rings is 1. The zero-order chi connectivity index (χ0) is 15.8. The number of H-pyrrole nitrogens is 1. The zero-order valence-electron chi connectivity index (χ0n) is 11.0. The van der Waals surface area contributed by atoms with E-state index in [0.717, 1.165) is 11.8 Å². The summed E-state index contributed by atoms with van der Waals surface area (Å²) in [5, 5.41) is 5.64. The first kappa shape index (κ1) is 15.3. The number of hydrogen-bond donors (Lipinski definition) is 4. The summed E-state index contributed by atoms with van der Waals surface area (Å²) in [6.07, 6.45) is -4.51. The third-order valence-electron chi connectivity index (χ3n) is 2.78. The number of halogens is 3. The SMILES string of the molecule is Cc1[nH]nc(C(F)(F)F)c1CSc1cc(N)nc(N)c1N. The highest BCUT2D eigenvalue weighted by Gasteiger charge is 2.37. The van der Waals surface area contributed by atoms with Gasteiger partial charge in [-0.3, -0.25) is 5.10 Å². The van der Waals surface area contributed by atoms with E-state index in [1.165, 1.54) is 13.0 Å². The minimum atomic E-state index is -4.51. The maximum atomic E-state index is 12.8. The number of thioether (sulfide) groups is 1. The molecule has 2 aromatic rings. The van der Waals surface area contributed by atoms with Crippen LogP contribution in [0.15, 0.2) is 11.0 Å². The number of nitrogens with zero attached hydrogens (tertiary/aromatic N) is 2. The predicted octanol–water partition coefficient (Wildman–Crippen LogP) is 2.17. The summed E-state index contributed by atoms with van der Waals surface area (Å²) >= 11 is 1.09. The van der Waals surface area contributed by atoms with Crippen molar-refractivity contribution in [3.05, 3.63) is 23.0 Å². The van der Waals surface area contributed by atoms with Crippen LogP contribution < -0.4 is 17.2 Å². The fourth-order valence-electron chi connectivity index (χ4n) is 1.70. The number of aryl methyl sites for hydroxylation is 1. The minimum Gasteiger partial charge on any atom is -0.395 e. The normalized spacial score (nSPS) is 11.8. The quantitative estimate of drug-likeness (QED) is 0.644. The molecule has 0 radical (unpaired) electrons. The van der Waals surface area contributed by atoms with Crippen molar-refractivity contribution in [3.8, 4) is 0 Å². The van der Waals surface area contributed by atoms with E-state index < -0.39 is 11.9 Å². The summed E-state index contributed by atoms with van der Waals surface area (Å²) in [5.74, 6) is 0.242. The van der Waals surface area contributed by atoms with Crippen LogP contribution in [0.5, 0.6) is 0 Å². The standard InChI is InChI=1S/C11H13F3N6S/c1-4-5(9(20-19-4)11(12,13)14)3-21-6-2-7(15)18-10(17)8(6)16/h2H,3,16H2,1H3,(H,19,20)(H4,15,17,18). The smallest absolute Gasteiger partial charge is 0.395 e. The van der Waals surface area contributed by atoms with Gasteiger partial charge < -0.3 is 17.2 Å². The number of nitrogen functional groups attached to an aromatic ring is 3. The van der Waals surface area contributed by atoms with Crippen molar-refractivity contribution in [2.75, 3.05) is 17.2 Å². The van der Waals surface area contributed by atoms with Crippen molar-refractivity contribution in [1.82, 2.24) is 15.2 Å². The molecule has 114 valence electrons. The summed E-state index contributed by atoms with van der Waals surface area (Å²) < 4.78 is 38.5. The van der Waals surface area contributed by atoms with Gasteiger partial charge in [0.2, 0.25) is 0 Å². The third-order valence-corrected chi connectivity index (χ3v) is 3.87. The molecule has 0 amide bonds. The highest BCUT2D eigenvalue weighted by atomic mass is 32.2. The molecule has 2 aromatic heterocycles. The van der Waals surface area contributed by atoms with Crippen LogP contribution in [0.3, 0.4) is 0 Å². The van der Waals surface area contributed by atoms with Gasteiger partial charge in [0.25, 0.3) is 0 Å². The first-order valence-electron chi connectivity index (χ1n) is 5.75. The predicted molar refractivity (Wildman–Crippen MR) is 75.4 cm³/mol. The van der Waals surface area contributed by atoms with E-state index in [-0.39, 0.29) is 28.6 Å². The zero-order valence-corrected chi connectivity index (χ0v) is 11.8. The Morgan fingerprint density at radius 3 is 2.57 bits per heavy atom. The van der Waals surface area contributed by atoms with Gasteiger partial charge in [0.1, 0.15) is 11.6 Å². The van der Waals surface area contributed by atoms with Crippen LogP contribution in [-0.4, -0.2) is 15.2 Å². The van der Waals surface area contributed by atoms with Gasteiger partial charge >= 0.3 is 6.18 Å². The lowest BCUT2D eigenvalue weighted by atomic mass is 10.2. The first-order valence-corrected chi connectivity index (χ1v) is 6.74. The molecule has 0 bridgehead atoms. The second-order valence-electron chi connectivity index (χ2n) is 4.31. The highest BCUT2D eigenvalue weighted by molar-refractivity contribution is 7.98.